The summed E-state index contributed by atoms with van der Waals surface area (Å²) in [5.41, 5.74) is 0.160. The lowest BCUT2D eigenvalue weighted by Gasteiger charge is -2.53. The van der Waals surface area contributed by atoms with Gasteiger partial charge in [0.1, 0.15) is 0 Å². The van der Waals surface area contributed by atoms with Crippen LogP contribution in [0.3, 0.4) is 0 Å². The van der Waals surface area contributed by atoms with Crippen molar-refractivity contribution in [2.45, 2.75) is 25.3 Å². The molecule has 5 nitrogen and oxygen atoms in total. The van der Waals surface area contributed by atoms with Gasteiger partial charge in [-0.3, -0.25) is 4.79 Å². The van der Waals surface area contributed by atoms with E-state index in [1.807, 2.05) is 7.05 Å². The lowest BCUT2D eigenvalue weighted by atomic mass is 9.69. The van der Waals surface area contributed by atoms with Crippen LogP contribution in [0.4, 0.5) is 4.39 Å². The minimum absolute atomic E-state index is 0.130. The maximum Gasteiger partial charge on any atom is 0.254 e. The van der Waals surface area contributed by atoms with Crippen LogP contribution in [0.5, 0.6) is 5.75 Å². The lowest BCUT2D eigenvalue weighted by Crippen LogP contribution is -2.62. The van der Waals surface area contributed by atoms with Gasteiger partial charge in [0.15, 0.2) is 11.6 Å². The Kier molecular flexibility index (Phi) is 4.29. The van der Waals surface area contributed by atoms with E-state index >= 15 is 0 Å². The van der Waals surface area contributed by atoms with Crippen molar-refractivity contribution in [3.05, 3.63) is 29.6 Å². The Morgan fingerprint density at radius 3 is 2.87 bits per heavy atom. The molecule has 2 heterocycles. The number of amides is 1. The van der Waals surface area contributed by atoms with Crippen LogP contribution >= 0.6 is 0 Å². The Balaban J connectivity index is 1.80. The van der Waals surface area contributed by atoms with Crippen LogP contribution in [-0.2, 0) is 0 Å². The van der Waals surface area contributed by atoms with Crippen LogP contribution in [0.15, 0.2) is 18.2 Å². The first-order valence-electron chi connectivity index (χ1n) is 8.06. The van der Waals surface area contributed by atoms with Crippen molar-refractivity contribution in [3.63, 3.8) is 0 Å². The van der Waals surface area contributed by atoms with Gasteiger partial charge < -0.3 is 20.0 Å². The molecule has 2 fully saturated rings. The van der Waals surface area contributed by atoms with E-state index < -0.39 is 11.6 Å². The highest BCUT2D eigenvalue weighted by Crippen LogP contribution is 2.41. The molecule has 1 aromatic carbocycles. The van der Waals surface area contributed by atoms with Crippen molar-refractivity contribution in [3.8, 4) is 5.75 Å². The molecule has 2 N–H and O–H groups in total. The summed E-state index contributed by atoms with van der Waals surface area (Å²) in [6.07, 6.45) is 2.81. The van der Waals surface area contributed by atoms with E-state index in [9.17, 15) is 19.4 Å². The van der Waals surface area contributed by atoms with Gasteiger partial charge >= 0.3 is 0 Å². The van der Waals surface area contributed by atoms with Gasteiger partial charge in [-0.05, 0) is 51.1 Å². The van der Waals surface area contributed by atoms with Crippen LogP contribution in [0, 0.1) is 11.2 Å². The second kappa shape index (κ2) is 6.09. The van der Waals surface area contributed by atoms with Gasteiger partial charge in [0, 0.05) is 30.1 Å². The molecule has 2 saturated heterocycles. The van der Waals surface area contributed by atoms with E-state index in [1.54, 1.807) is 4.90 Å². The van der Waals surface area contributed by atoms with Crippen LogP contribution in [0.25, 0.3) is 0 Å². The lowest BCUT2D eigenvalue weighted by molar-refractivity contribution is -0.0601. The Labute approximate surface area is 135 Å². The number of halogens is 1. The van der Waals surface area contributed by atoms with Gasteiger partial charge in [-0.1, -0.05) is 0 Å². The summed E-state index contributed by atoms with van der Waals surface area (Å²) < 4.78 is 13.2. The van der Waals surface area contributed by atoms with Crippen LogP contribution in [-0.4, -0.2) is 65.3 Å². The number of aromatic hydroxyl groups is 1. The van der Waals surface area contributed by atoms with Crippen molar-refractivity contribution < 1.29 is 19.4 Å². The number of nitrogens with zero attached hydrogens (tertiary/aromatic N) is 2. The summed E-state index contributed by atoms with van der Waals surface area (Å²) in [4.78, 5) is 16.6. The van der Waals surface area contributed by atoms with Gasteiger partial charge in [0.2, 0.25) is 0 Å². The number of likely N-dealkylation sites (tertiary alicyclic amines) is 2. The summed E-state index contributed by atoms with van der Waals surface area (Å²) in [5, 5.41) is 19.4. The van der Waals surface area contributed by atoms with E-state index in [0.29, 0.717) is 18.7 Å². The molecule has 2 atom stereocenters. The zero-order chi connectivity index (χ0) is 16.6. The quantitative estimate of drug-likeness (QED) is 0.865. The fourth-order valence-electron chi connectivity index (χ4n) is 4.03. The zero-order valence-electron chi connectivity index (χ0n) is 13.3. The van der Waals surface area contributed by atoms with E-state index in [2.05, 4.69) is 4.90 Å². The average molecular weight is 322 g/mol. The molecule has 1 amide bonds. The maximum absolute atomic E-state index is 13.2. The van der Waals surface area contributed by atoms with Crippen LogP contribution < -0.4 is 0 Å². The molecular weight excluding hydrogens is 299 g/mol. The molecule has 0 bridgehead atoms. The average Bonchev–Trinajstić information content (AvgIpc) is 2.56. The predicted octanol–water partition coefficient (Wildman–Crippen LogP) is 1.45. The number of piperidine rings is 2. The number of hydrogen-bond donors (Lipinski definition) is 2. The number of fused-ring (bicyclic) bond motifs is 1. The van der Waals surface area contributed by atoms with Gasteiger partial charge in [0.25, 0.3) is 5.91 Å². The molecule has 0 aliphatic carbocycles. The number of carbonyl (C=O) groups excluding carboxylic acids is 1. The summed E-state index contributed by atoms with van der Waals surface area (Å²) in [7, 11) is 2.03. The Bertz CT molecular complexity index is 610. The second-order valence-corrected chi connectivity index (χ2v) is 6.79. The highest BCUT2D eigenvalue weighted by molar-refractivity contribution is 5.94. The van der Waals surface area contributed by atoms with Crippen LogP contribution in [0.1, 0.15) is 29.6 Å². The molecule has 126 valence electrons. The van der Waals surface area contributed by atoms with E-state index in [-0.39, 0.29) is 24.0 Å². The SMILES string of the molecule is CN1CCC[C@]2(CO)CCN(C(=O)c3ccc(F)c(O)c3)C[C@@H]12. The van der Waals surface area contributed by atoms with Crippen LogP contribution in [0.2, 0.25) is 0 Å². The molecule has 2 aliphatic rings. The third-order valence-corrected chi connectivity index (χ3v) is 5.49. The van der Waals surface area contributed by atoms with Crippen molar-refractivity contribution in [1.82, 2.24) is 9.80 Å². The number of benzene rings is 1. The number of likely N-dealkylation sites (N-methyl/N-ethyl adjacent to an activating group) is 1. The first-order valence-corrected chi connectivity index (χ1v) is 8.06. The topological polar surface area (TPSA) is 64.0 Å². The van der Waals surface area contributed by atoms with Crippen molar-refractivity contribution >= 4 is 5.91 Å². The standard InChI is InChI=1S/C17H23FN2O3/c1-19-7-2-5-17(11-21)6-8-20(10-15(17)19)16(23)12-3-4-13(18)14(22)9-12/h3-4,9,15,21-22H,2,5-8,10-11H2,1H3/t15-,17-/m1/s1. The van der Waals surface area contributed by atoms with Gasteiger partial charge in [-0.15, -0.1) is 0 Å². The Morgan fingerprint density at radius 1 is 1.39 bits per heavy atom. The summed E-state index contributed by atoms with van der Waals surface area (Å²) in [5.74, 6) is -1.44. The molecule has 1 aromatic rings. The van der Waals surface area contributed by atoms with Crippen molar-refractivity contribution in [2.24, 2.45) is 5.41 Å². The van der Waals surface area contributed by atoms with Gasteiger partial charge in [0.05, 0.1) is 6.61 Å². The highest BCUT2D eigenvalue weighted by Gasteiger charge is 2.47. The number of carbonyl (C=O) groups is 1. The molecule has 0 aromatic heterocycles. The Hall–Kier alpha value is -1.66. The molecule has 23 heavy (non-hydrogen) atoms. The molecule has 2 aliphatic heterocycles. The minimum atomic E-state index is -0.730. The molecule has 6 heteroatoms. The fourth-order valence-corrected chi connectivity index (χ4v) is 4.03. The number of aliphatic hydroxyl groups is 1. The largest absolute Gasteiger partial charge is 0.505 e. The number of phenolic OH excluding ortho intramolecular Hbond substituents is 1. The molecule has 0 spiro atoms. The number of phenols is 1. The second-order valence-electron chi connectivity index (χ2n) is 6.79. The fraction of sp³-hybridized carbons (Fsp3) is 0.588. The van der Waals surface area contributed by atoms with E-state index in [4.69, 9.17) is 0 Å². The third-order valence-electron chi connectivity index (χ3n) is 5.49. The normalized spacial score (nSPS) is 28.5. The number of rotatable bonds is 2. The smallest absolute Gasteiger partial charge is 0.254 e. The maximum atomic E-state index is 13.2. The molecule has 0 radical (unpaired) electrons. The monoisotopic (exact) mass is 322 g/mol. The predicted molar refractivity (Wildman–Crippen MR) is 83.8 cm³/mol. The summed E-state index contributed by atoms with van der Waals surface area (Å²) in [6, 6.07) is 3.82. The van der Waals surface area contributed by atoms with E-state index in [0.717, 1.165) is 31.9 Å². The van der Waals surface area contributed by atoms with Crippen molar-refractivity contribution in [2.75, 3.05) is 33.3 Å². The number of hydrogen-bond acceptors (Lipinski definition) is 4. The molecule has 0 unspecified atom stereocenters. The number of aliphatic hydroxyl groups excluding tert-OH is 1. The first kappa shape index (κ1) is 16.2. The molecule has 3 rings (SSSR count). The highest BCUT2D eigenvalue weighted by atomic mass is 19.1. The summed E-state index contributed by atoms with van der Waals surface area (Å²) >= 11 is 0. The van der Waals surface area contributed by atoms with Crippen molar-refractivity contribution in [1.29, 1.82) is 0 Å². The van der Waals surface area contributed by atoms with Gasteiger partial charge in [-0.2, -0.15) is 0 Å². The zero-order valence-corrected chi connectivity index (χ0v) is 13.3. The first-order chi connectivity index (χ1) is 11.0. The molecule has 0 saturated carbocycles. The van der Waals surface area contributed by atoms with E-state index in [1.165, 1.54) is 12.1 Å². The van der Waals surface area contributed by atoms with Gasteiger partial charge in [-0.25, -0.2) is 4.39 Å². The Morgan fingerprint density at radius 2 is 2.17 bits per heavy atom. The molecular formula is C17H23FN2O3. The summed E-state index contributed by atoms with van der Waals surface area (Å²) in [6.45, 7) is 2.23. The third kappa shape index (κ3) is 2.81. The minimum Gasteiger partial charge on any atom is -0.505 e.